The van der Waals surface area contributed by atoms with Gasteiger partial charge in [0, 0.05) is 22.2 Å². The molecule has 94 valence electrons. The second-order valence-corrected chi connectivity index (χ2v) is 5.29. The number of aromatic hydroxyl groups is 1. The van der Waals surface area contributed by atoms with Gasteiger partial charge in [-0.05, 0) is 6.07 Å². The molecule has 0 aliphatic rings. The molecule has 2 rings (SSSR count). The fraction of sp³-hybridized carbons (Fsp3) is 0.0769. The van der Waals surface area contributed by atoms with E-state index in [2.05, 4.69) is 15.9 Å². The van der Waals surface area contributed by atoms with E-state index in [0.717, 1.165) is 10.0 Å². The van der Waals surface area contributed by atoms with Gasteiger partial charge in [-0.3, -0.25) is 0 Å². The summed E-state index contributed by atoms with van der Waals surface area (Å²) in [5, 5.41) is 9.88. The van der Waals surface area contributed by atoms with Gasteiger partial charge in [0.1, 0.15) is 12.4 Å². The summed E-state index contributed by atoms with van der Waals surface area (Å²) in [5.41, 5.74) is 0.984. The molecule has 2 aromatic carbocycles. The van der Waals surface area contributed by atoms with E-state index in [1.807, 2.05) is 24.3 Å². The first-order valence-corrected chi connectivity index (χ1v) is 6.67. The Balaban J connectivity index is 2.19. The van der Waals surface area contributed by atoms with Gasteiger partial charge in [0.05, 0.1) is 10.0 Å². The first-order chi connectivity index (χ1) is 8.58. The van der Waals surface area contributed by atoms with E-state index in [0.29, 0.717) is 12.4 Å². The molecule has 1 N–H and O–H groups in total. The molecule has 2 aromatic rings. The lowest BCUT2D eigenvalue weighted by atomic mass is 10.2. The van der Waals surface area contributed by atoms with Crippen LogP contribution in [0.4, 0.5) is 0 Å². The summed E-state index contributed by atoms with van der Waals surface area (Å²) in [4.78, 5) is 0. The molecule has 0 amide bonds. The Bertz CT molecular complexity index is 550. The van der Waals surface area contributed by atoms with Crippen LogP contribution in [0.25, 0.3) is 0 Å². The van der Waals surface area contributed by atoms with E-state index in [1.54, 1.807) is 0 Å². The van der Waals surface area contributed by atoms with Crippen LogP contribution < -0.4 is 4.74 Å². The van der Waals surface area contributed by atoms with Crippen molar-refractivity contribution in [3.8, 4) is 11.5 Å². The van der Waals surface area contributed by atoms with Crippen LogP contribution in [-0.4, -0.2) is 5.11 Å². The maximum absolute atomic E-state index is 9.32. The smallest absolute Gasteiger partial charge is 0.157 e. The molecule has 2 nitrogen and oxygen atoms in total. The summed E-state index contributed by atoms with van der Waals surface area (Å²) < 4.78 is 6.54. The zero-order valence-corrected chi connectivity index (χ0v) is 12.3. The normalized spacial score (nSPS) is 10.4. The fourth-order valence-electron chi connectivity index (χ4n) is 1.45. The van der Waals surface area contributed by atoms with Crippen LogP contribution in [0.2, 0.25) is 10.0 Å². The minimum atomic E-state index is 0.0123. The molecule has 0 aliphatic carbocycles. The maximum atomic E-state index is 9.32. The molecule has 0 aromatic heterocycles. The minimum absolute atomic E-state index is 0.0123. The Morgan fingerprint density at radius 1 is 1.11 bits per heavy atom. The average molecular weight is 348 g/mol. The van der Waals surface area contributed by atoms with Gasteiger partial charge in [-0.25, -0.2) is 0 Å². The van der Waals surface area contributed by atoms with Gasteiger partial charge < -0.3 is 9.84 Å². The molecule has 5 heteroatoms. The van der Waals surface area contributed by atoms with Crippen LogP contribution in [0.3, 0.4) is 0 Å². The van der Waals surface area contributed by atoms with Gasteiger partial charge >= 0.3 is 0 Å². The number of phenols is 1. The van der Waals surface area contributed by atoms with E-state index >= 15 is 0 Å². The number of hydrogen-bond donors (Lipinski definition) is 1. The monoisotopic (exact) mass is 346 g/mol. The van der Waals surface area contributed by atoms with Crippen molar-refractivity contribution in [2.75, 3.05) is 0 Å². The number of ether oxygens (including phenoxy) is 1. The second-order valence-electron chi connectivity index (χ2n) is 3.62. The summed E-state index contributed by atoms with van der Waals surface area (Å²) in [5.74, 6) is 0.380. The molecule has 0 radical (unpaired) electrons. The number of phenolic OH excluding ortho intramolecular Hbond substituents is 1. The SMILES string of the molecule is Oc1cc(Cl)c(OCc2ccccc2Br)c(Cl)c1. The average Bonchev–Trinajstić information content (AvgIpc) is 2.30. The molecule has 0 bridgehead atoms. The predicted molar refractivity (Wildman–Crippen MR) is 76.6 cm³/mol. The Morgan fingerprint density at radius 3 is 2.33 bits per heavy atom. The van der Waals surface area contributed by atoms with Crippen LogP contribution in [0.15, 0.2) is 40.9 Å². The van der Waals surface area contributed by atoms with Crippen LogP contribution >= 0.6 is 39.1 Å². The first kappa shape index (κ1) is 13.5. The molecular weight excluding hydrogens is 339 g/mol. The standard InChI is InChI=1S/C13H9BrCl2O2/c14-10-4-2-1-3-8(10)7-18-13-11(15)5-9(17)6-12(13)16/h1-6,17H,7H2. The van der Waals surface area contributed by atoms with Crippen LogP contribution in [-0.2, 0) is 6.61 Å². The highest BCUT2D eigenvalue weighted by Gasteiger charge is 2.10. The van der Waals surface area contributed by atoms with Gasteiger partial charge in [-0.1, -0.05) is 57.3 Å². The van der Waals surface area contributed by atoms with E-state index < -0.39 is 0 Å². The van der Waals surface area contributed by atoms with Gasteiger partial charge in [0.25, 0.3) is 0 Å². The molecule has 18 heavy (non-hydrogen) atoms. The third-order valence-electron chi connectivity index (χ3n) is 2.31. The van der Waals surface area contributed by atoms with Crippen LogP contribution in [0.5, 0.6) is 11.5 Å². The first-order valence-electron chi connectivity index (χ1n) is 5.12. The van der Waals surface area contributed by atoms with E-state index in [-0.39, 0.29) is 15.8 Å². The molecular formula is C13H9BrCl2O2. The van der Waals surface area contributed by atoms with Crippen molar-refractivity contribution in [3.05, 3.63) is 56.5 Å². The zero-order chi connectivity index (χ0) is 13.1. The molecule has 0 saturated heterocycles. The zero-order valence-electron chi connectivity index (χ0n) is 9.16. The second kappa shape index (κ2) is 5.83. The third-order valence-corrected chi connectivity index (χ3v) is 3.65. The minimum Gasteiger partial charge on any atom is -0.508 e. The maximum Gasteiger partial charge on any atom is 0.157 e. The lowest BCUT2D eigenvalue weighted by Crippen LogP contribution is -1.97. The van der Waals surface area contributed by atoms with Crippen molar-refractivity contribution in [1.82, 2.24) is 0 Å². The molecule has 0 atom stereocenters. The van der Waals surface area contributed by atoms with Gasteiger partial charge in [-0.15, -0.1) is 0 Å². The van der Waals surface area contributed by atoms with Gasteiger partial charge in [0.15, 0.2) is 5.75 Å². The summed E-state index contributed by atoms with van der Waals surface area (Å²) in [6, 6.07) is 10.5. The van der Waals surface area contributed by atoms with Crippen molar-refractivity contribution < 1.29 is 9.84 Å². The van der Waals surface area contributed by atoms with Crippen molar-refractivity contribution in [1.29, 1.82) is 0 Å². The third kappa shape index (κ3) is 3.10. The van der Waals surface area contributed by atoms with Gasteiger partial charge in [-0.2, -0.15) is 0 Å². The molecule has 0 fully saturated rings. The summed E-state index contributed by atoms with van der Waals surface area (Å²) in [7, 11) is 0. The quantitative estimate of drug-likeness (QED) is 0.842. The van der Waals surface area contributed by atoms with Crippen LogP contribution in [0.1, 0.15) is 5.56 Å². The number of rotatable bonds is 3. The predicted octanol–water partition coefficient (Wildman–Crippen LogP) is 5.04. The molecule has 0 spiro atoms. The topological polar surface area (TPSA) is 29.5 Å². The molecule has 0 saturated carbocycles. The molecule has 0 aliphatic heterocycles. The molecule has 0 unspecified atom stereocenters. The number of hydrogen-bond acceptors (Lipinski definition) is 2. The largest absolute Gasteiger partial charge is 0.508 e. The van der Waals surface area contributed by atoms with Crippen molar-refractivity contribution >= 4 is 39.1 Å². The van der Waals surface area contributed by atoms with Gasteiger partial charge in [0.2, 0.25) is 0 Å². The van der Waals surface area contributed by atoms with E-state index in [9.17, 15) is 5.11 Å². The summed E-state index contributed by atoms with van der Waals surface area (Å²) in [6.45, 7) is 0.339. The Hall–Kier alpha value is -0.900. The Morgan fingerprint density at radius 2 is 1.72 bits per heavy atom. The lowest BCUT2D eigenvalue weighted by Gasteiger charge is -2.11. The van der Waals surface area contributed by atoms with Crippen molar-refractivity contribution in [3.63, 3.8) is 0 Å². The van der Waals surface area contributed by atoms with Crippen molar-refractivity contribution in [2.24, 2.45) is 0 Å². The van der Waals surface area contributed by atoms with Crippen LogP contribution in [0, 0.1) is 0 Å². The number of benzene rings is 2. The highest BCUT2D eigenvalue weighted by atomic mass is 79.9. The Labute approximate surface area is 123 Å². The summed E-state index contributed by atoms with van der Waals surface area (Å²) in [6.07, 6.45) is 0. The van der Waals surface area contributed by atoms with E-state index in [4.69, 9.17) is 27.9 Å². The highest BCUT2D eigenvalue weighted by Crippen LogP contribution is 2.37. The molecule has 0 heterocycles. The summed E-state index contributed by atoms with van der Waals surface area (Å²) >= 11 is 15.4. The lowest BCUT2D eigenvalue weighted by molar-refractivity contribution is 0.305. The number of halogens is 3. The highest BCUT2D eigenvalue weighted by molar-refractivity contribution is 9.10. The van der Waals surface area contributed by atoms with Crippen molar-refractivity contribution in [2.45, 2.75) is 6.61 Å². The fourth-order valence-corrected chi connectivity index (χ4v) is 2.43. The van der Waals surface area contributed by atoms with E-state index in [1.165, 1.54) is 12.1 Å². The Kier molecular flexibility index (Phi) is 4.38.